The molecular weight excluding hydrogens is 412 g/mol. The van der Waals surface area contributed by atoms with Gasteiger partial charge in [-0.3, -0.25) is 10.1 Å². The number of nitro groups is 1. The summed E-state index contributed by atoms with van der Waals surface area (Å²) in [4.78, 5) is 28.6. The first-order valence-corrected chi connectivity index (χ1v) is 9.45. The number of carbonyl (C=O) groups excluding carboxylic acids is 1. The molecule has 0 spiro atoms. The lowest BCUT2D eigenvalue weighted by Gasteiger charge is -2.22. The monoisotopic (exact) mass is 431 g/mol. The van der Waals surface area contributed by atoms with Gasteiger partial charge in [-0.1, -0.05) is 24.2 Å². The number of hydrogen-bond donors (Lipinski definition) is 1. The average molecular weight is 431 g/mol. The molecule has 3 aromatic rings. The second-order valence-electron chi connectivity index (χ2n) is 6.61. The van der Waals surface area contributed by atoms with Gasteiger partial charge < -0.3 is 14.7 Å². The van der Waals surface area contributed by atoms with Crippen molar-refractivity contribution in [2.24, 2.45) is 0 Å². The van der Waals surface area contributed by atoms with Crippen LogP contribution in [0.5, 0.6) is 0 Å². The Morgan fingerprint density at radius 3 is 2.74 bits per heavy atom. The van der Waals surface area contributed by atoms with Gasteiger partial charge >= 0.3 is 6.03 Å². The molecule has 0 radical (unpaired) electrons. The topological polar surface area (TPSA) is 114 Å². The van der Waals surface area contributed by atoms with E-state index in [2.05, 4.69) is 15.5 Å². The highest BCUT2D eigenvalue weighted by Crippen LogP contribution is 2.21. The maximum atomic E-state index is 13.8. The maximum absolute atomic E-state index is 13.8. The van der Waals surface area contributed by atoms with Crippen LogP contribution in [-0.2, 0) is 6.42 Å². The molecule has 0 aliphatic rings. The van der Waals surface area contributed by atoms with Crippen molar-refractivity contribution in [3.8, 4) is 11.4 Å². The molecule has 1 heterocycles. The fourth-order valence-electron chi connectivity index (χ4n) is 2.83. The molecule has 11 heteroatoms. The molecule has 2 aromatic carbocycles. The van der Waals surface area contributed by atoms with Gasteiger partial charge in [0.25, 0.3) is 5.69 Å². The number of halogens is 2. The number of non-ortho nitro benzene ring substituents is 1. The number of hydrogen-bond acceptors (Lipinski definition) is 6. The van der Waals surface area contributed by atoms with Crippen molar-refractivity contribution in [2.45, 2.75) is 19.8 Å². The van der Waals surface area contributed by atoms with E-state index in [0.717, 1.165) is 12.1 Å². The van der Waals surface area contributed by atoms with E-state index in [1.54, 1.807) is 6.07 Å². The molecule has 0 saturated carbocycles. The summed E-state index contributed by atoms with van der Waals surface area (Å²) in [5, 5.41) is 17.2. The van der Waals surface area contributed by atoms with E-state index in [4.69, 9.17) is 4.52 Å². The number of nitrogens with one attached hydrogen (secondary N) is 1. The summed E-state index contributed by atoms with van der Waals surface area (Å²) in [6.45, 7) is 2.48. The summed E-state index contributed by atoms with van der Waals surface area (Å²) < 4.78 is 32.0. The summed E-state index contributed by atoms with van der Waals surface area (Å²) in [5.41, 5.74) is 0.208. The predicted octanol–water partition coefficient (Wildman–Crippen LogP) is 4.41. The highest BCUT2D eigenvalue weighted by molar-refractivity contribution is 5.89. The Kier molecular flexibility index (Phi) is 6.85. The van der Waals surface area contributed by atoms with Crippen LogP contribution in [0.1, 0.15) is 19.2 Å². The number of carbonyl (C=O) groups is 1. The number of nitro benzene ring substituents is 1. The van der Waals surface area contributed by atoms with Gasteiger partial charge in [-0.05, 0) is 18.6 Å². The van der Waals surface area contributed by atoms with Crippen molar-refractivity contribution in [1.29, 1.82) is 0 Å². The molecule has 0 aliphatic heterocycles. The molecular formula is C20H19F2N5O4. The summed E-state index contributed by atoms with van der Waals surface area (Å²) >= 11 is 0. The van der Waals surface area contributed by atoms with E-state index < -0.39 is 22.6 Å². The number of benzene rings is 2. The maximum Gasteiger partial charge on any atom is 0.321 e. The Labute approximate surface area is 175 Å². The van der Waals surface area contributed by atoms with Crippen LogP contribution in [0.2, 0.25) is 0 Å². The predicted molar refractivity (Wildman–Crippen MR) is 107 cm³/mol. The minimum absolute atomic E-state index is 0.0948. The van der Waals surface area contributed by atoms with Crippen LogP contribution in [0.3, 0.4) is 0 Å². The first kappa shape index (κ1) is 21.8. The number of urea groups is 1. The van der Waals surface area contributed by atoms with Crippen LogP contribution < -0.4 is 5.32 Å². The number of amides is 2. The lowest BCUT2D eigenvalue weighted by Crippen LogP contribution is -2.37. The van der Waals surface area contributed by atoms with E-state index in [0.29, 0.717) is 24.6 Å². The number of rotatable bonds is 8. The third-order valence-corrected chi connectivity index (χ3v) is 4.33. The quantitative estimate of drug-likeness (QED) is 0.417. The van der Waals surface area contributed by atoms with Crippen molar-refractivity contribution in [1.82, 2.24) is 15.0 Å². The van der Waals surface area contributed by atoms with Gasteiger partial charge in [-0.2, -0.15) is 4.98 Å². The van der Waals surface area contributed by atoms with Crippen LogP contribution in [0, 0.1) is 21.7 Å². The van der Waals surface area contributed by atoms with Crippen LogP contribution >= 0.6 is 0 Å². The SMILES string of the molecule is CCCN(CCc1nc(-c2cccc([N+](=O)[O-])c2)no1)C(=O)Nc1ccc(F)cc1F. The molecule has 0 saturated heterocycles. The van der Waals surface area contributed by atoms with Gasteiger partial charge in [0.1, 0.15) is 11.6 Å². The van der Waals surface area contributed by atoms with Crippen molar-refractivity contribution in [3.63, 3.8) is 0 Å². The van der Waals surface area contributed by atoms with Crippen molar-refractivity contribution in [2.75, 3.05) is 18.4 Å². The van der Waals surface area contributed by atoms with Crippen molar-refractivity contribution in [3.05, 3.63) is 70.1 Å². The van der Waals surface area contributed by atoms with Crippen LogP contribution in [-0.4, -0.2) is 39.1 Å². The Bertz CT molecular complexity index is 1090. The first-order valence-electron chi connectivity index (χ1n) is 9.45. The Morgan fingerprint density at radius 1 is 1.23 bits per heavy atom. The lowest BCUT2D eigenvalue weighted by atomic mass is 10.2. The van der Waals surface area contributed by atoms with Gasteiger partial charge in [0.2, 0.25) is 11.7 Å². The molecule has 0 aliphatic carbocycles. The minimum Gasteiger partial charge on any atom is -0.339 e. The zero-order valence-electron chi connectivity index (χ0n) is 16.5. The van der Waals surface area contributed by atoms with Gasteiger partial charge in [-0.25, -0.2) is 13.6 Å². The Balaban J connectivity index is 1.66. The standard InChI is InChI=1S/C20H19F2N5O4/c1-2-9-26(20(28)23-17-7-6-14(21)12-16(17)22)10-8-18-24-19(25-31-18)13-4-3-5-15(11-13)27(29)30/h3-7,11-12H,2,8-10H2,1H3,(H,23,28). The van der Waals surface area contributed by atoms with Crippen molar-refractivity contribution >= 4 is 17.4 Å². The summed E-state index contributed by atoms with van der Waals surface area (Å²) in [7, 11) is 0. The van der Waals surface area contributed by atoms with Gasteiger partial charge in [-0.15, -0.1) is 0 Å². The lowest BCUT2D eigenvalue weighted by molar-refractivity contribution is -0.384. The molecule has 9 nitrogen and oxygen atoms in total. The molecule has 1 N–H and O–H groups in total. The third-order valence-electron chi connectivity index (χ3n) is 4.33. The summed E-state index contributed by atoms with van der Waals surface area (Å²) in [5.74, 6) is -1.18. The van der Waals surface area contributed by atoms with E-state index in [1.165, 1.54) is 23.1 Å². The van der Waals surface area contributed by atoms with Crippen molar-refractivity contribution < 1.29 is 23.0 Å². The molecule has 2 amide bonds. The second-order valence-corrected chi connectivity index (χ2v) is 6.61. The van der Waals surface area contributed by atoms with E-state index in [9.17, 15) is 23.7 Å². The fourth-order valence-corrected chi connectivity index (χ4v) is 2.83. The number of anilines is 1. The summed E-state index contributed by atoms with van der Waals surface area (Å²) in [6, 6.07) is 8.17. The molecule has 31 heavy (non-hydrogen) atoms. The van der Waals surface area contributed by atoms with Gasteiger partial charge in [0.15, 0.2) is 0 Å². The number of aromatic nitrogens is 2. The number of nitrogens with zero attached hydrogens (tertiary/aromatic N) is 4. The third kappa shape index (κ3) is 5.59. The average Bonchev–Trinajstić information content (AvgIpc) is 3.22. The Hall–Kier alpha value is -3.89. The summed E-state index contributed by atoms with van der Waals surface area (Å²) in [6.07, 6.45) is 0.878. The molecule has 0 fully saturated rings. The normalized spacial score (nSPS) is 10.7. The van der Waals surface area contributed by atoms with E-state index in [1.807, 2.05) is 6.92 Å². The van der Waals surface area contributed by atoms with E-state index in [-0.39, 0.29) is 36.1 Å². The van der Waals surface area contributed by atoms with Crippen LogP contribution in [0.4, 0.5) is 25.0 Å². The molecule has 0 atom stereocenters. The largest absolute Gasteiger partial charge is 0.339 e. The smallest absolute Gasteiger partial charge is 0.321 e. The highest BCUT2D eigenvalue weighted by Gasteiger charge is 2.18. The van der Waals surface area contributed by atoms with E-state index >= 15 is 0 Å². The van der Waals surface area contributed by atoms with Gasteiger partial charge in [0, 0.05) is 43.3 Å². The molecule has 162 valence electrons. The Morgan fingerprint density at radius 2 is 2.03 bits per heavy atom. The first-order chi connectivity index (χ1) is 14.9. The molecule has 0 unspecified atom stereocenters. The molecule has 3 rings (SSSR count). The molecule has 0 bridgehead atoms. The zero-order chi connectivity index (χ0) is 22.4. The molecule has 1 aromatic heterocycles. The zero-order valence-corrected chi connectivity index (χ0v) is 16.5. The highest BCUT2D eigenvalue weighted by atomic mass is 19.1. The second kappa shape index (κ2) is 9.74. The van der Waals surface area contributed by atoms with Crippen LogP contribution in [0.15, 0.2) is 47.0 Å². The fraction of sp³-hybridized carbons (Fsp3) is 0.250. The van der Waals surface area contributed by atoms with Gasteiger partial charge in [0.05, 0.1) is 10.6 Å². The minimum atomic E-state index is -0.872. The van der Waals surface area contributed by atoms with Crippen LogP contribution in [0.25, 0.3) is 11.4 Å².